The van der Waals surface area contributed by atoms with E-state index in [1.54, 1.807) is 6.08 Å². The van der Waals surface area contributed by atoms with Crippen LogP contribution in [0.15, 0.2) is 34.6 Å². The lowest BCUT2D eigenvalue weighted by atomic mass is 10.5. The molecule has 0 spiro atoms. The number of allylic oxidation sites excluding steroid dienone is 4. The van der Waals surface area contributed by atoms with Gasteiger partial charge in [-0.15, -0.1) is 0 Å². The first-order chi connectivity index (χ1) is 3.91. The minimum absolute atomic E-state index is 1.50. The molecule has 0 aromatic heterocycles. The highest BCUT2D eigenvalue weighted by Gasteiger charge is 1.56. The normalized spacial score (nSPS) is 12.6. The molecule has 8 heavy (non-hydrogen) atoms. The summed E-state index contributed by atoms with van der Waals surface area (Å²) in [5, 5.41) is 0. The summed E-state index contributed by atoms with van der Waals surface area (Å²) in [7, 11) is 0. The summed E-state index contributed by atoms with van der Waals surface area (Å²) in [6.45, 7) is 0. The highest BCUT2D eigenvalue weighted by atomic mass is 127. The van der Waals surface area contributed by atoms with Crippen molar-refractivity contribution in [3.05, 3.63) is 34.6 Å². The second-order valence-electron chi connectivity index (χ2n) is 1.09. The van der Waals surface area contributed by atoms with E-state index >= 15 is 0 Å². The number of rotatable bonds is 2. The predicted molar refractivity (Wildman–Crippen MR) is 45.6 cm³/mol. The lowest BCUT2D eigenvalue weighted by Crippen LogP contribution is -1.71. The largest absolute Gasteiger partial charge is 0.405 e. The third-order valence-corrected chi connectivity index (χ3v) is 0.932. The molecule has 0 aromatic rings. The van der Waals surface area contributed by atoms with Gasteiger partial charge in [0.2, 0.25) is 0 Å². The molecular formula is C6H8IN. The number of nitrogens with two attached hydrogens (primary N) is 1. The van der Waals surface area contributed by atoms with Crippen LogP contribution in [-0.2, 0) is 0 Å². The molecule has 0 bridgehead atoms. The van der Waals surface area contributed by atoms with Gasteiger partial charge in [0.05, 0.1) is 0 Å². The summed E-state index contributed by atoms with van der Waals surface area (Å²) in [4.78, 5) is 0. The van der Waals surface area contributed by atoms with E-state index in [0.29, 0.717) is 0 Å². The molecule has 0 aliphatic carbocycles. The van der Waals surface area contributed by atoms with E-state index in [4.69, 9.17) is 5.73 Å². The van der Waals surface area contributed by atoms with Gasteiger partial charge >= 0.3 is 0 Å². The van der Waals surface area contributed by atoms with E-state index in [0.717, 1.165) is 0 Å². The fourth-order valence-electron chi connectivity index (χ4n) is 0.234. The molecule has 0 atom stereocenters. The van der Waals surface area contributed by atoms with E-state index in [1.807, 2.05) is 22.3 Å². The topological polar surface area (TPSA) is 26.0 Å². The van der Waals surface area contributed by atoms with Crippen molar-refractivity contribution < 1.29 is 0 Å². The molecule has 0 heterocycles. The van der Waals surface area contributed by atoms with Gasteiger partial charge in [-0.25, -0.2) is 0 Å². The zero-order valence-electron chi connectivity index (χ0n) is 4.42. The number of halogens is 1. The van der Waals surface area contributed by atoms with E-state index in [-0.39, 0.29) is 0 Å². The molecule has 0 saturated carbocycles. The van der Waals surface area contributed by atoms with Crippen LogP contribution in [0.4, 0.5) is 0 Å². The Kier molecular flexibility index (Phi) is 6.54. The van der Waals surface area contributed by atoms with Gasteiger partial charge in [-0.05, 0) is 16.4 Å². The van der Waals surface area contributed by atoms with Crippen LogP contribution in [-0.4, -0.2) is 0 Å². The van der Waals surface area contributed by atoms with E-state index in [1.165, 1.54) is 6.20 Å². The fourth-order valence-corrected chi connectivity index (χ4v) is 0.474. The highest BCUT2D eigenvalue weighted by molar-refractivity contribution is 14.1. The number of hydrogen-bond acceptors (Lipinski definition) is 1. The molecule has 0 aliphatic rings. The summed E-state index contributed by atoms with van der Waals surface area (Å²) in [5.74, 6) is 0. The fraction of sp³-hybridized carbons (Fsp3) is 0. The van der Waals surface area contributed by atoms with Crippen molar-refractivity contribution in [1.29, 1.82) is 0 Å². The Morgan fingerprint density at radius 2 is 1.62 bits per heavy atom. The minimum atomic E-state index is 1.50. The Morgan fingerprint density at radius 1 is 1.00 bits per heavy atom. The lowest BCUT2D eigenvalue weighted by molar-refractivity contribution is 1.60. The predicted octanol–water partition coefficient (Wildman–Crippen LogP) is 1.96. The Hall–Kier alpha value is -0.250. The Labute approximate surface area is 63.1 Å². The van der Waals surface area contributed by atoms with Gasteiger partial charge in [0.25, 0.3) is 0 Å². The third-order valence-electron chi connectivity index (χ3n) is 0.517. The molecule has 2 N–H and O–H groups in total. The van der Waals surface area contributed by atoms with Crippen LogP contribution in [0.25, 0.3) is 0 Å². The van der Waals surface area contributed by atoms with Crippen molar-refractivity contribution in [1.82, 2.24) is 0 Å². The quantitative estimate of drug-likeness (QED) is 0.559. The Morgan fingerprint density at radius 3 is 2.12 bits per heavy atom. The SMILES string of the molecule is N/C=C/C=C\C=C/I. The zero-order chi connectivity index (χ0) is 6.24. The Bertz CT molecular complexity index is 99.7. The summed E-state index contributed by atoms with van der Waals surface area (Å²) >= 11 is 2.15. The van der Waals surface area contributed by atoms with E-state index in [2.05, 4.69) is 22.6 Å². The van der Waals surface area contributed by atoms with Crippen molar-refractivity contribution in [2.75, 3.05) is 0 Å². The van der Waals surface area contributed by atoms with Crippen LogP contribution in [0.5, 0.6) is 0 Å². The van der Waals surface area contributed by atoms with Crippen molar-refractivity contribution in [2.45, 2.75) is 0 Å². The second kappa shape index (κ2) is 6.75. The summed E-state index contributed by atoms with van der Waals surface area (Å²) in [5.41, 5.74) is 5.05. The smallest absolute Gasteiger partial charge is 0.00624 e. The first kappa shape index (κ1) is 7.75. The second-order valence-corrected chi connectivity index (χ2v) is 1.81. The van der Waals surface area contributed by atoms with Crippen molar-refractivity contribution in [2.24, 2.45) is 5.73 Å². The van der Waals surface area contributed by atoms with Gasteiger partial charge in [-0.3, -0.25) is 0 Å². The molecule has 0 radical (unpaired) electrons. The molecular weight excluding hydrogens is 213 g/mol. The van der Waals surface area contributed by atoms with Crippen LogP contribution in [0, 0.1) is 0 Å². The molecule has 1 nitrogen and oxygen atoms in total. The third kappa shape index (κ3) is 5.75. The van der Waals surface area contributed by atoms with Gasteiger partial charge < -0.3 is 5.73 Å². The average molecular weight is 221 g/mol. The maximum atomic E-state index is 5.05. The van der Waals surface area contributed by atoms with Gasteiger partial charge in [0, 0.05) is 0 Å². The van der Waals surface area contributed by atoms with Crippen LogP contribution >= 0.6 is 22.6 Å². The van der Waals surface area contributed by atoms with E-state index < -0.39 is 0 Å². The summed E-state index contributed by atoms with van der Waals surface area (Å²) in [6.07, 6.45) is 8.99. The minimum Gasteiger partial charge on any atom is -0.405 e. The molecule has 2 heteroatoms. The molecule has 44 valence electrons. The molecule has 0 fully saturated rings. The standard InChI is InChI=1S/C6H8IN/c7-5-3-1-2-4-6-8/h1-6H,8H2/b2-1-,5-3-,6-4+. The summed E-state index contributed by atoms with van der Waals surface area (Å²) in [6, 6.07) is 0. The van der Waals surface area contributed by atoms with Gasteiger partial charge in [-0.1, -0.05) is 40.8 Å². The first-order valence-corrected chi connectivity index (χ1v) is 3.46. The molecule has 0 unspecified atom stereocenters. The maximum absolute atomic E-state index is 5.05. The lowest BCUT2D eigenvalue weighted by Gasteiger charge is -1.68. The van der Waals surface area contributed by atoms with Gasteiger partial charge in [0.1, 0.15) is 0 Å². The van der Waals surface area contributed by atoms with Crippen LogP contribution in [0.3, 0.4) is 0 Å². The van der Waals surface area contributed by atoms with E-state index in [9.17, 15) is 0 Å². The Balaban J connectivity index is 3.35. The highest BCUT2D eigenvalue weighted by Crippen LogP contribution is 1.84. The summed E-state index contributed by atoms with van der Waals surface area (Å²) < 4.78 is 1.93. The molecule has 0 saturated heterocycles. The van der Waals surface area contributed by atoms with Crippen molar-refractivity contribution in [3.63, 3.8) is 0 Å². The zero-order valence-corrected chi connectivity index (χ0v) is 6.58. The van der Waals surface area contributed by atoms with Crippen LogP contribution < -0.4 is 5.73 Å². The van der Waals surface area contributed by atoms with Gasteiger partial charge in [0.15, 0.2) is 0 Å². The molecule has 0 rings (SSSR count). The molecule has 0 aromatic carbocycles. The van der Waals surface area contributed by atoms with Crippen LogP contribution in [0.2, 0.25) is 0 Å². The van der Waals surface area contributed by atoms with Crippen molar-refractivity contribution >= 4 is 22.6 Å². The molecule has 0 amide bonds. The van der Waals surface area contributed by atoms with Crippen LogP contribution in [0.1, 0.15) is 0 Å². The van der Waals surface area contributed by atoms with Crippen molar-refractivity contribution in [3.8, 4) is 0 Å². The maximum Gasteiger partial charge on any atom is -0.00624 e. The van der Waals surface area contributed by atoms with Gasteiger partial charge in [-0.2, -0.15) is 0 Å². The first-order valence-electron chi connectivity index (χ1n) is 2.22. The molecule has 0 aliphatic heterocycles. The number of hydrogen-bond donors (Lipinski definition) is 1. The monoisotopic (exact) mass is 221 g/mol. The average Bonchev–Trinajstić information content (AvgIpc) is 1.81.